The number of benzene rings is 3. The maximum Gasteiger partial charge on any atom is 0.213 e. The van der Waals surface area contributed by atoms with Gasteiger partial charge in [-0.1, -0.05) is 48.9 Å². The molecule has 7 nitrogen and oxygen atoms in total. The highest BCUT2D eigenvalue weighted by atomic mass is 35.5. The molecule has 0 fully saturated rings. The summed E-state index contributed by atoms with van der Waals surface area (Å²) in [5.41, 5.74) is 6.33. The molecule has 226 valence electrons. The van der Waals surface area contributed by atoms with Gasteiger partial charge in [-0.25, -0.2) is 15.0 Å². The predicted molar refractivity (Wildman–Crippen MR) is 184 cm³/mol. The van der Waals surface area contributed by atoms with Crippen LogP contribution in [0.5, 0.6) is 11.6 Å². The Hall–Kier alpha value is -4.07. The van der Waals surface area contributed by atoms with E-state index in [4.69, 9.17) is 42.6 Å². The Labute approximate surface area is 266 Å². The zero-order valence-corrected chi connectivity index (χ0v) is 26.4. The van der Waals surface area contributed by atoms with Gasteiger partial charge in [0.25, 0.3) is 0 Å². The summed E-state index contributed by atoms with van der Waals surface area (Å²) >= 11 is 12.5. The van der Waals surface area contributed by atoms with Crippen LogP contribution in [0.15, 0.2) is 66.7 Å². The number of fused-ring (bicyclic) bond motifs is 4. The highest BCUT2D eigenvalue weighted by molar-refractivity contribution is 6.32. The molecule has 0 amide bonds. The SMILES string of the molecule is COc1ccc2nc3cc(Cl)ccc3c(NCCCCCCCCNc3c4ccc(Cl)cc4nc4ccc(OC)nc34)c2c1. The largest absolute Gasteiger partial charge is 0.497 e. The first-order valence-electron chi connectivity index (χ1n) is 15.0. The van der Waals surface area contributed by atoms with Gasteiger partial charge in [0.1, 0.15) is 11.3 Å². The molecule has 3 heterocycles. The van der Waals surface area contributed by atoms with Gasteiger partial charge < -0.3 is 20.1 Å². The Morgan fingerprint density at radius 2 is 1.14 bits per heavy atom. The van der Waals surface area contributed by atoms with E-state index in [9.17, 15) is 0 Å². The molecule has 0 saturated heterocycles. The predicted octanol–water partition coefficient (Wildman–Crippen LogP) is 9.67. The molecule has 2 N–H and O–H groups in total. The number of rotatable bonds is 13. The van der Waals surface area contributed by atoms with E-state index in [0.717, 1.165) is 93.2 Å². The molecule has 0 aliphatic carbocycles. The van der Waals surface area contributed by atoms with Gasteiger partial charge in [0.05, 0.1) is 47.7 Å². The van der Waals surface area contributed by atoms with Crippen molar-refractivity contribution in [2.75, 3.05) is 37.9 Å². The van der Waals surface area contributed by atoms with E-state index in [1.54, 1.807) is 14.2 Å². The first-order valence-corrected chi connectivity index (χ1v) is 15.8. The summed E-state index contributed by atoms with van der Waals surface area (Å²) in [5, 5.41) is 11.8. The van der Waals surface area contributed by atoms with Gasteiger partial charge in [-0.2, -0.15) is 0 Å². The Morgan fingerprint density at radius 3 is 1.80 bits per heavy atom. The van der Waals surface area contributed by atoms with Gasteiger partial charge in [0, 0.05) is 45.4 Å². The van der Waals surface area contributed by atoms with Crippen molar-refractivity contribution >= 4 is 78.3 Å². The van der Waals surface area contributed by atoms with E-state index in [1.807, 2.05) is 66.7 Å². The number of hydrogen-bond acceptors (Lipinski definition) is 7. The van der Waals surface area contributed by atoms with Gasteiger partial charge in [0.2, 0.25) is 5.88 Å². The fourth-order valence-electron chi connectivity index (χ4n) is 5.66. The second kappa shape index (κ2) is 13.7. The van der Waals surface area contributed by atoms with Crippen molar-refractivity contribution in [2.24, 2.45) is 0 Å². The van der Waals surface area contributed by atoms with Crippen molar-refractivity contribution in [3.05, 3.63) is 76.8 Å². The number of unbranched alkanes of at least 4 members (excludes halogenated alkanes) is 5. The number of ether oxygens (including phenoxy) is 2. The summed E-state index contributed by atoms with van der Waals surface area (Å²) < 4.78 is 10.9. The molecule has 0 bridgehead atoms. The second-order valence-corrected chi connectivity index (χ2v) is 11.7. The highest BCUT2D eigenvalue weighted by Crippen LogP contribution is 2.35. The van der Waals surface area contributed by atoms with Crippen molar-refractivity contribution in [1.29, 1.82) is 0 Å². The molecule has 0 aliphatic heterocycles. The first kappa shape index (κ1) is 30.0. The molecule has 3 aromatic carbocycles. The minimum absolute atomic E-state index is 0.569. The zero-order chi connectivity index (χ0) is 30.5. The van der Waals surface area contributed by atoms with Crippen LogP contribution in [-0.4, -0.2) is 42.3 Å². The lowest BCUT2D eigenvalue weighted by molar-refractivity contribution is 0.399. The first-order chi connectivity index (χ1) is 21.5. The molecule has 0 atom stereocenters. The fourth-order valence-corrected chi connectivity index (χ4v) is 6.00. The number of methoxy groups -OCH3 is 2. The second-order valence-electron chi connectivity index (χ2n) is 10.9. The number of nitrogens with one attached hydrogen (secondary N) is 2. The lowest BCUT2D eigenvalue weighted by Gasteiger charge is -2.14. The summed E-state index contributed by atoms with van der Waals surface area (Å²) in [7, 11) is 3.31. The number of anilines is 2. The van der Waals surface area contributed by atoms with E-state index < -0.39 is 0 Å². The summed E-state index contributed by atoms with van der Waals surface area (Å²) in [5.74, 6) is 1.38. The van der Waals surface area contributed by atoms with Crippen molar-refractivity contribution in [3.63, 3.8) is 0 Å². The smallest absolute Gasteiger partial charge is 0.213 e. The number of aromatic nitrogens is 3. The van der Waals surface area contributed by atoms with Gasteiger partial charge in [0.15, 0.2) is 0 Å². The van der Waals surface area contributed by atoms with Crippen LogP contribution in [0.4, 0.5) is 11.4 Å². The number of hydrogen-bond donors (Lipinski definition) is 2. The molecule has 0 saturated carbocycles. The molecular weight excluding hydrogens is 593 g/mol. The molecule has 44 heavy (non-hydrogen) atoms. The molecule has 0 aliphatic rings. The van der Waals surface area contributed by atoms with E-state index in [2.05, 4.69) is 15.6 Å². The molecule has 6 rings (SSSR count). The summed E-state index contributed by atoms with van der Waals surface area (Å²) in [4.78, 5) is 14.3. The van der Waals surface area contributed by atoms with Gasteiger partial charge in [-0.3, -0.25) is 0 Å². The quantitative estimate of drug-likeness (QED) is 0.0974. The van der Waals surface area contributed by atoms with Crippen LogP contribution in [0.25, 0.3) is 43.7 Å². The average Bonchev–Trinajstić information content (AvgIpc) is 3.04. The molecule has 3 aromatic heterocycles. The van der Waals surface area contributed by atoms with E-state index in [-0.39, 0.29) is 0 Å². The molecule has 0 unspecified atom stereocenters. The van der Waals surface area contributed by atoms with Crippen LogP contribution in [0.3, 0.4) is 0 Å². The van der Waals surface area contributed by atoms with Crippen molar-refractivity contribution in [3.8, 4) is 11.6 Å². The molecule has 0 spiro atoms. The number of pyridine rings is 3. The average molecular weight is 629 g/mol. The maximum atomic E-state index is 6.27. The van der Waals surface area contributed by atoms with Crippen LogP contribution >= 0.6 is 23.2 Å². The maximum absolute atomic E-state index is 6.27. The standard InChI is InChI=1S/C35H35Cl2N5O2/c1-43-24-11-14-28-27(21-24)33(25-12-9-22(36)19-30(25)40-28)38-17-7-5-3-4-6-8-18-39-34-26-13-10-23(37)20-31(26)41-29-15-16-32(44-2)42-35(29)34/h9-16,19-21H,3-8,17-18H2,1-2H3,(H,38,40)(H,39,41). The Morgan fingerprint density at radius 1 is 0.545 bits per heavy atom. The highest BCUT2D eigenvalue weighted by Gasteiger charge is 2.13. The number of nitrogens with zero attached hydrogens (tertiary/aromatic N) is 3. The van der Waals surface area contributed by atoms with Crippen molar-refractivity contribution < 1.29 is 9.47 Å². The monoisotopic (exact) mass is 627 g/mol. The third-order valence-corrected chi connectivity index (χ3v) is 8.38. The summed E-state index contributed by atoms with van der Waals surface area (Å²) in [6.45, 7) is 1.74. The van der Waals surface area contributed by atoms with E-state index in [0.29, 0.717) is 15.9 Å². The summed E-state index contributed by atoms with van der Waals surface area (Å²) in [6.07, 6.45) is 6.87. The van der Waals surface area contributed by atoms with Gasteiger partial charge >= 0.3 is 0 Å². The Bertz CT molecular complexity index is 1810. The zero-order valence-electron chi connectivity index (χ0n) is 24.9. The van der Waals surface area contributed by atoms with Crippen molar-refractivity contribution in [2.45, 2.75) is 38.5 Å². The van der Waals surface area contributed by atoms with Gasteiger partial charge in [-0.15, -0.1) is 0 Å². The van der Waals surface area contributed by atoms with E-state index >= 15 is 0 Å². The van der Waals surface area contributed by atoms with Crippen LogP contribution in [0, 0.1) is 0 Å². The fraction of sp³-hybridized carbons (Fsp3) is 0.286. The molecule has 6 aromatic rings. The molecule has 0 radical (unpaired) electrons. The molecule has 9 heteroatoms. The van der Waals surface area contributed by atoms with Crippen LogP contribution in [0.1, 0.15) is 38.5 Å². The van der Waals surface area contributed by atoms with Crippen LogP contribution in [-0.2, 0) is 0 Å². The lowest BCUT2D eigenvalue weighted by Crippen LogP contribution is -2.05. The summed E-state index contributed by atoms with van der Waals surface area (Å²) in [6, 6.07) is 21.4. The normalized spacial score (nSPS) is 11.5. The third kappa shape index (κ3) is 6.54. The van der Waals surface area contributed by atoms with Crippen LogP contribution in [0.2, 0.25) is 10.0 Å². The van der Waals surface area contributed by atoms with Gasteiger partial charge in [-0.05, 0) is 73.5 Å². The van der Waals surface area contributed by atoms with Crippen LogP contribution < -0.4 is 20.1 Å². The lowest BCUT2D eigenvalue weighted by atomic mass is 10.1. The topological polar surface area (TPSA) is 81.2 Å². The number of halogens is 2. The minimum atomic E-state index is 0.569. The van der Waals surface area contributed by atoms with Crippen molar-refractivity contribution in [1.82, 2.24) is 15.0 Å². The Balaban J connectivity index is 1.01. The third-order valence-electron chi connectivity index (χ3n) is 7.91. The van der Waals surface area contributed by atoms with E-state index in [1.165, 1.54) is 19.3 Å². The molecular formula is C35H35Cl2N5O2. The Kier molecular flexibility index (Phi) is 9.34. The minimum Gasteiger partial charge on any atom is -0.497 e.